The van der Waals surface area contributed by atoms with Gasteiger partial charge < -0.3 is 10.2 Å². The highest BCUT2D eigenvalue weighted by atomic mass is 32.1. The molecule has 1 aliphatic heterocycles. The molecular formula is C13H17N5S. The highest BCUT2D eigenvalue weighted by molar-refractivity contribution is 7.09. The van der Waals surface area contributed by atoms with E-state index in [4.69, 9.17) is 0 Å². The number of anilines is 1. The highest BCUT2D eigenvalue weighted by Crippen LogP contribution is 2.21. The highest BCUT2D eigenvalue weighted by Gasteiger charge is 2.27. The van der Waals surface area contributed by atoms with Gasteiger partial charge in [0.05, 0.1) is 5.69 Å². The largest absolute Gasteiger partial charge is 0.354 e. The first-order chi connectivity index (χ1) is 9.31. The van der Waals surface area contributed by atoms with Crippen LogP contribution >= 0.6 is 11.3 Å². The Labute approximate surface area is 116 Å². The molecule has 6 heteroatoms. The van der Waals surface area contributed by atoms with Crippen molar-refractivity contribution in [3.63, 3.8) is 0 Å². The van der Waals surface area contributed by atoms with Gasteiger partial charge in [0.1, 0.15) is 5.01 Å². The van der Waals surface area contributed by atoms with Gasteiger partial charge in [0, 0.05) is 43.7 Å². The number of rotatable bonds is 5. The molecule has 5 nitrogen and oxygen atoms in total. The third kappa shape index (κ3) is 3.08. The SMILES string of the molecule is Cc1ccc(N2CC(CNCc3nccs3)C2)nn1. The molecule has 100 valence electrons. The van der Waals surface area contributed by atoms with Gasteiger partial charge in [-0.2, -0.15) is 5.10 Å². The van der Waals surface area contributed by atoms with Crippen molar-refractivity contribution in [1.29, 1.82) is 0 Å². The van der Waals surface area contributed by atoms with Crippen LogP contribution in [0.4, 0.5) is 5.82 Å². The average molecular weight is 275 g/mol. The molecule has 0 radical (unpaired) electrons. The van der Waals surface area contributed by atoms with E-state index in [1.165, 1.54) is 0 Å². The lowest BCUT2D eigenvalue weighted by atomic mass is 10.0. The first-order valence-corrected chi connectivity index (χ1v) is 7.33. The molecule has 1 saturated heterocycles. The molecule has 0 bridgehead atoms. The van der Waals surface area contributed by atoms with Crippen molar-refractivity contribution in [2.75, 3.05) is 24.5 Å². The third-order valence-electron chi connectivity index (χ3n) is 3.26. The summed E-state index contributed by atoms with van der Waals surface area (Å²) in [6.45, 7) is 5.98. The number of nitrogens with one attached hydrogen (secondary N) is 1. The van der Waals surface area contributed by atoms with Crippen molar-refractivity contribution < 1.29 is 0 Å². The van der Waals surface area contributed by atoms with Gasteiger partial charge >= 0.3 is 0 Å². The summed E-state index contributed by atoms with van der Waals surface area (Å²) in [6, 6.07) is 4.05. The third-order valence-corrected chi connectivity index (χ3v) is 4.04. The van der Waals surface area contributed by atoms with E-state index in [0.717, 1.165) is 42.7 Å². The lowest BCUT2D eigenvalue weighted by Crippen LogP contribution is -2.51. The van der Waals surface area contributed by atoms with Crippen LogP contribution in [0, 0.1) is 12.8 Å². The average Bonchev–Trinajstić information content (AvgIpc) is 2.87. The maximum atomic E-state index is 4.26. The van der Waals surface area contributed by atoms with Crippen LogP contribution in [0.5, 0.6) is 0 Å². The van der Waals surface area contributed by atoms with Crippen molar-refractivity contribution in [2.45, 2.75) is 13.5 Å². The first-order valence-electron chi connectivity index (χ1n) is 6.45. The first kappa shape index (κ1) is 12.5. The fourth-order valence-electron chi connectivity index (χ4n) is 2.17. The van der Waals surface area contributed by atoms with Crippen LogP contribution in [0.3, 0.4) is 0 Å². The predicted octanol–water partition coefficient (Wildman–Crippen LogP) is 1.47. The van der Waals surface area contributed by atoms with Crippen molar-refractivity contribution >= 4 is 17.2 Å². The van der Waals surface area contributed by atoms with E-state index in [2.05, 4.69) is 25.4 Å². The molecule has 0 atom stereocenters. The Balaban J connectivity index is 1.39. The minimum Gasteiger partial charge on any atom is -0.354 e. The Kier molecular flexibility index (Phi) is 3.70. The topological polar surface area (TPSA) is 53.9 Å². The lowest BCUT2D eigenvalue weighted by molar-refractivity contribution is 0.381. The monoisotopic (exact) mass is 275 g/mol. The summed E-state index contributed by atoms with van der Waals surface area (Å²) in [7, 11) is 0. The van der Waals surface area contributed by atoms with E-state index in [9.17, 15) is 0 Å². The fourth-order valence-corrected chi connectivity index (χ4v) is 2.76. The molecule has 0 aromatic carbocycles. The van der Waals surface area contributed by atoms with Gasteiger partial charge in [0.15, 0.2) is 5.82 Å². The number of hydrogen-bond acceptors (Lipinski definition) is 6. The van der Waals surface area contributed by atoms with Gasteiger partial charge in [-0.25, -0.2) is 4.98 Å². The Morgan fingerprint density at radius 3 is 2.95 bits per heavy atom. The summed E-state index contributed by atoms with van der Waals surface area (Å²) in [5.74, 6) is 1.69. The normalized spacial score (nSPS) is 15.5. The zero-order valence-electron chi connectivity index (χ0n) is 10.9. The van der Waals surface area contributed by atoms with E-state index >= 15 is 0 Å². The predicted molar refractivity (Wildman–Crippen MR) is 76.3 cm³/mol. The van der Waals surface area contributed by atoms with Crippen LogP contribution < -0.4 is 10.2 Å². The maximum absolute atomic E-state index is 4.26. The van der Waals surface area contributed by atoms with Gasteiger partial charge in [0.2, 0.25) is 0 Å². The van der Waals surface area contributed by atoms with Crippen molar-refractivity contribution in [1.82, 2.24) is 20.5 Å². The Morgan fingerprint density at radius 1 is 1.37 bits per heavy atom. The second kappa shape index (κ2) is 5.63. The van der Waals surface area contributed by atoms with Gasteiger partial charge in [0.25, 0.3) is 0 Å². The van der Waals surface area contributed by atoms with E-state index < -0.39 is 0 Å². The Hall–Kier alpha value is -1.53. The van der Waals surface area contributed by atoms with Crippen LogP contribution in [0.25, 0.3) is 0 Å². The molecule has 0 amide bonds. The molecule has 3 heterocycles. The molecule has 1 fully saturated rings. The minimum atomic E-state index is 0.697. The zero-order chi connectivity index (χ0) is 13.1. The molecule has 0 unspecified atom stereocenters. The van der Waals surface area contributed by atoms with Crippen LogP contribution in [0.1, 0.15) is 10.7 Å². The van der Waals surface area contributed by atoms with Crippen molar-refractivity contribution in [3.8, 4) is 0 Å². The zero-order valence-corrected chi connectivity index (χ0v) is 11.7. The second-order valence-electron chi connectivity index (χ2n) is 4.86. The van der Waals surface area contributed by atoms with Crippen LogP contribution in [-0.4, -0.2) is 34.8 Å². The van der Waals surface area contributed by atoms with Crippen molar-refractivity contribution in [2.24, 2.45) is 5.92 Å². The number of thiazole rings is 1. The van der Waals surface area contributed by atoms with Gasteiger partial charge in [-0.3, -0.25) is 0 Å². The Morgan fingerprint density at radius 2 is 2.26 bits per heavy atom. The van der Waals surface area contributed by atoms with Crippen LogP contribution in [-0.2, 0) is 6.54 Å². The summed E-state index contributed by atoms with van der Waals surface area (Å²) in [5.41, 5.74) is 0.964. The number of hydrogen-bond donors (Lipinski definition) is 1. The minimum absolute atomic E-state index is 0.697. The summed E-state index contributed by atoms with van der Waals surface area (Å²) in [4.78, 5) is 6.52. The van der Waals surface area contributed by atoms with Crippen LogP contribution in [0.15, 0.2) is 23.7 Å². The maximum Gasteiger partial charge on any atom is 0.151 e. The van der Waals surface area contributed by atoms with E-state index in [1.54, 1.807) is 11.3 Å². The molecular weight excluding hydrogens is 258 g/mol. The summed E-state index contributed by atoms with van der Waals surface area (Å²) >= 11 is 1.70. The lowest BCUT2D eigenvalue weighted by Gasteiger charge is -2.40. The molecule has 2 aromatic heterocycles. The Bertz CT molecular complexity index is 504. The molecule has 1 N–H and O–H groups in total. The molecule has 0 spiro atoms. The molecule has 19 heavy (non-hydrogen) atoms. The summed E-state index contributed by atoms with van der Waals surface area (Å²) < 4.78 is 0. The van der Waals surface area contributed by atoms with E-state index in [1.807, 2.05) is 30.6 Å². The molecule has 1 aliphatic rings. The van der Waals surface area contributed by atoms with Crippen molar-refractivity contribution in [3.05, 3.63) is 34.4 Å². The molecule has 0 saturated carbocycles. The fraction of sp³-hybridized carbons (Fsp3) is 0.462. The molecule has 2 aromatic rings. The van der Waals surface area contributed by atoms with Crippen LogP contribution in [0.2, 0.25) is 0 Å². The molecule has 0 aliphatic carbocycles. The van der Waals surface area contributed by atoms with E-state index in [-0.39, 0.29) is 0 Å². The summed E-state index contributed by atoms with van der Waals surface area (Å²) in [5, 5.41) is 14.9. The molecule has 3 rings (SSSR count). The van der Waals surface area contributed by atoms with Gasteiger partial charge in [-0.1, -0.05) is 0 Å². The second-order valence-corrected chi connectivity index (χ2v) is 5.84. The number of nitrogens with zero attached hydrogens (tertiary/aromatic N) is 4. The number of aryl methyl sites for hydroxylation is 1. The standard InChI is InChI=1S/C13H17N5S/c1-10-2-3-12(17-16-10)18-8-11(9-18)6-14-7-13-15-4-5-19-13/h2-5,11,14H,6-9H2,1H3. The number of aromatic nitrogens is 3. The van der Waals surface area contributed by atoms with Gasteiger partial charge in [-0.15, -0.1) is 16.4 Å². The van der Waals surface area contributed by atoms with E-state index in [0.29, 0.717) is 5.92 Å². The van der Waals surface area contributed by atoms with Gasteiger partial charge in [-0.05, 0) is 19.1 Å². The summed E-state index contributed by atoms with van der Waals surface area (Å²) in [6.07, 6.45) is 1.85. The quantitative estimate of drug-likeness (QED) is 0.895. The smallest absolute Gasteiger partial charge is 0.151 e.